The molecule has 3 nitrogen and oxygen atoms in total. The zero-order chi connectivity index (χ0) is 10.7. The van der Waals surface area contributed by atoms with E-state index in [9.17, 15) is 8.78 Å². The summed E-state index contributed by atoms with van der Waals surface area (Å²) >= 11 is 0. The molecule has 0 aliphatic carbocycles. The monoisotopic (exact) mass is 202 g/mol. The van der Waals surface area contributed by atoms with Crippen LogP contribution in [-0.4, -0.2) is 13.7 Å². The Bertz CT molecular complexity index is 331. The molecule has 0 aliphatic heterocycles. The van der Waals surface area contributed by atoms with E-state index < -0.39 is 17.7 Å². The first kappa shape index (κ1) is 10.9. The maximum absolute atomic E-state index is 13.0. The van der Waals surface area contributed by atoms with Gasteiger partial charge in [-0.15, -0.1) is 0 Å². The third-order valence-electron chi connectivity index (χ3n) is 1.92. The van der Waals surface area contributed by atoms with Gasteiger partial charge in [0.15, 0.2) is 11.6 Å². The molecule has 0 radical (unpaired) electrons. The van der Waals surface area contributed by atoms with Gasteiger partial charge in [0, 0.05) is 12.6 Å². The number of ether oxygens (including phenoxy) is 1. The van der Waals surface area contributed by atoms with E-state index in [0.29, 0.717) is 5.56 Å². The van der Waals surface area contributed by atoms with Crippen LogP contribution in [0.25, 0.3) is 0 Å². The summed E-state index contributed by atoms with van der Waals surface area (Å²) in [5.41, 5.74) is 11.3. The van der Waals surface area contributed by atoms with E-state index in [1.807, 2.05) is 0 Å². The summed E-state index contributed by atoms with van der Waals surface area (Å²) in [6.07, 6.45) is 0. The molecule has 1 aromatic rings. The fraction of sp³-hybridized carbons (Fsp3) is 0.333. The van der Waals surface area contributed by atoms with Crippen molar-refractivity contribution in [1.29, 1.82) is 0 Å². The van der Waals surface area contributed by atoms with Gasteiger partial charge in [-0.05, 0) is 17.7 Å². The molecule has 0 amide bonds. The summed E-state index contributed by atoms with van der Waals surface area (Å²) < 4.78 is 30.6. The molecule has 0 saturated carbocycles. The maximum Gasteiger partial charge on any atom is 0.200 e. The lowest BCUT2D eigenvalue weighted by Crippen LogP contribution is -2.21. The highest BCUT2D eigenvalue weighted by Crippen LogP contribution is 2.24. The molecule has 14 heavy (non-hydrogen) atoms. The molecule has 0 bridgehead atoms. The summed E-state index contributed by atoms with van der Waals surface area (Å²) in [7, 11) is 1.26. The van der Waals surface area contributed by atoms with Crippen molar-refractivity contribution in [2.45, 2.75) is 6.04 Å². The van der Waals surface area contributed by atoms with Gasteiger partial charge in [-0.2, -0.15) is 4.39 Å². The Hall–Kier alpha value is -1.20. The van der Waals surface area contributed by atoms with Gasteiger partial charge in [0.25, 0.3) is 0 Å². The third kappa shape index (κ3) is 2.00. The molecule has 0 aromatic heterocycles. The van der Waals surface area contributed by atoms with E-state index in [-0.39, 0.29) is 12.3 Å². The topological polar surface area (TPSA) is 61.3 Å². The van der Waals surface area contributed by atoms with Crippen LogP contribution >= 0.6 is 0 Å². The Labute approximate surface area is 80.7 Å². The van der Waals surface area contributed by atoms with Crippen molar-refractivity contribution < 1.29 is 13.5 Å². The van der Waals surface area contributed by atoms with Crippen molar-refractivity contribution >= 4 is 0 Å². The number of nitrogens with two attached hydrogens (primary N) is 2. The second-order valence-corrected chi connectivity index (χ2v) is 2.86. The van der Waals surface area contributed by atoms with Crippen molar-refractivity contribution in [2.24, 2.45) is 11.5 Å². The normalized spacial score (nSPS) is 12.6. The van der Waals surface area contributed by atoms with Gasteiger partial charge in [-0.3, -0.25) is 0 Å². The molecule has 78 valence electrons. The van der Waals surface area contributed by atoms with E-state index in [0.717, 1.165) is 6.07 Å². The van der Waals surface area contributed by atoms with Gasteiger partial charge in [-0.25, -0.2) is 4.39 Å². The van der Waals surface area contributed by atoms with Gasteiger partial charge in [0.2, 0.25) is 5.82 Å². The number of halogens is 2. The number of hydrogen-bond acceptors (Lipinski definition) is 3. The van der Waals surface area contributed by atoms with Gasteiger partial charge < -0.3 is 16.2 Å². The molecule has 1 atom stereocenters. The smallest absolute Gasteiger partial charge is 0.200 e. The molecule has 0 heterocycles. The quantitative estimate of drug-likeness (QED) is 0.766. The summed E-state index contributed by atoms with van der Waals surface area (Å²) in [5, 5.41) is 0. The van der Waals surface area contributed by atoms with Crippen LogP contribution < -0.4 is 16.2 Å². The highest BCUT2D eigenvalue weighted by atomic mass is 19.2. The summed E-state index contributed by atoms with van der Waals surface area (Å²) in [6.45, 7) is 0.161. The summed E-state index contributed by atoms with van der Waals surface area (Å²) in [5.74, 6) is -2.16. The first-order valence-electron chi connectivity index (χ1n) is 4.08. The Morgan fingerprint density at radius 1 is 1.43 bits per heavy atom. The van der Waals surface area contributed by atoms with Crippen LogP contribution in [0, 0.1) is 11.6 Å². The maximum atomic E-state index is 13.0. The minimum Gasteiger partial charge on any atom is -0.494 e. The number of methoxy groups -OCH3 is 1. The van der Waals surface area contributed by atoms with Crippen molar-refractivity contribution in [3.05, 3.63) is 29.3 Å². The van der Waals surface area contributed by atoms with Gasteiger partial charge in [0.05, 0.1) is 7.11 Å². The molecule has 5 heteroatoms. The standard InChI is InChI=1S/C9H12F2N2O/c1-14-8-3-5(7(13)4-12)2-6(10)9(8)11/h2-3,7H,4,12-13H2,1H3/t7-/m0/s1. The Balaban J connectivity index is 3.16. The summed E-state index contributed by atoms with van der Waals surface area (Å²) in [4.78, 5) is 0. The molecule has 0 saturated heterocycles. The van der Waals surface area contributed by atoms with Crippen molar-refractivity contribution in [3.63, 3.8) is 0 Å². The molecule has 1 rings (SSSR count). The van der Waals surface area contributed by atoms with Crippen LogP contribution in [0.1, 0.15) is 11.6 Å². The lowest BCUT2D eigenvalue weighted by atomic mass is 10.1. The zero-order valence-electron chi connectivity index (χ0n) is 7.76. The second-order valence-electron chi connectivity index (χ2n) is 2.86. The van der Waals surface area contributed by atoms with Gasteiger partial charge in [0.1, 0.15) is 0 Å². The minimum absolute atomic E-state index is 0.161. The van der Waals surface area contributed by atoms with E-state index in [2.05, 4.69) is 4.74 Å². The summed E-state index contributed by atoms with van der Waals surface area (Å²) in [6, 6.07) is 1.85. The molecule has 4 N–H and O–H groups in total. The molecule has 0 spiro atoms. The predicted octanol–water partition coefficient (Wildman–Crippen LogP) is 0.932. The largest absolute Gasteiger partial charge is 0.494 e. The van der Waals surface area contributed by atoms with Crippen LogP contribution in [0.15, 0.2) is 12.1 Å². The van der Waals surface area contributed by atoms with Crippen molar-refractivity contribution in [3.8, 4) is 5.75 Å². The lowest BCUT2D eigenvalue weighted by Gasteiger charge is -2.11. The average molecular weight is 202 g/mol. The number of rotatable bonds is 3. The molecular weight excluding hydrogens is 190 g/mol. The Morgan fingerprint density at radius 3 is 2.57 bits per heavy atom. The van der Waals surface area contributed by atoms with Crippen LogP contribution in [0.5, 0.6) is 5.75 Å². The SMILES string of the molecule is COc1cc([C@@H](N)CN)cc(F)c1F. The third-order valence-corrected chi connectivity index (χ3v) is 1.92. The number of benzene rings is 1. The minimum atomic E-state index is -1.01. The predicted molar refractivity (Wildman–Crippen MR) is 48.9 cm³/mol. The first-order chi connectivity index (χ1) is 6.60. The van der Waals surface area contributed by atoms with Gasteiger partial charge in [-0.1, -0.05) is 0 Å². The van der Waals surface area contributed by atoms with Crippen molar-refractivity contribution in [1.82, 2.24) is 0 Å². The van der Waals surface area contributed by atoms with Crippen LogP contribution in [0.2, 0.25) is 0 Å². The van der Waals surface area contributed by atoms with E-state index in [4.69, 9.17) is 11.5 Å². The van der Waals surface area contributed by atoms with Gasteiger partial charge >= 0.3 is 0 Å². The van der Waals surface area contributed by atoms with Crippen molar-refractivity contribution in [2.75, 3.05) is 13.7 Å². The highest BCUT2D eigenvalue weighted by molar-refractivity contribution is 5.33. The second kappa shape index (κ2) is 4.34. The number of hydrogen-bond donors (Lipinski definition) is 2. The Kier molecular flexibility index (Phi) is 3.38. The molecule has 0 fully saturated rings. The zero-order valence-corrected chi connectivity index (χ0v) is 7.76. The van der Waals surface area contributed by atoms with Crippen LogP contribution in [0.4, 0.5) is 8.78 Å². The fourth-order valence-electron chi connectivity index (χ4n) is 1.08. The Morgan fingerprint density at radius 2 is 2.07 bits per heavy atom. The first-order valence-corrected chi connectivity index (χ1v) is 4.08. The molecule has 0 unspecified atom stereocenters. The van der Waals surface area contributed by atoms with E-state index >= 15 is 0 Å². The lowest BCUT2D eigenvalue weighted by molar-refractivity contribution is 0.370. The fourth-order valence-corrected chi connectivity index (χ4v) is 1.08. The van der Waals surface area contributed by atoms with Crippen LogP contribution in [-0.2, 0) is 0 Å². The van der Waals surface area contributed by atoms with Crippen LogP contribution in [0.3, 0.4) is 0 Å². The average Bonchev–Trinajstić information content (AvgIpc) is 2.20. The van der Waals surface area contributed by atoms with E-state index in [1.54, 1.807) is 0 Å². The molecule has 0 aliphatic rings. The molecular formula is C9H12F2N2O. The molecule has 1 aromatic carbocycles. The highest BCUT2D eigenvalue weighted by Gasteiger charge is 2.14. The van der Waals surface area contributed by atoms with E-state index in [1.165, 1.54) is 13.2 Å².